The molecule has 0 atom stereocenters. The van der Waals surface area contributed by atoms with Gasteiger partial charge in [-0.2, -0.15) is 0 Å². The smallest absolute Gasteiger partial charge is 0.0396 e. The molecule has 0 saturated carbocycles. The van der Waals surface area contributed by atoms with Gasteiger partial charge >= 0.3 is 0 Å². The first-order valence-electron chi connectivity index (χ1n) is 6.30. The van der Waals surface area contributed by atoms with Crippen LogP contribution in [0, 0.1) is 6.92 Å². The average Bonchev–Trinajstić information content (AvgIpc) is 2.80. The van der Waals surface area contributed by atoms with Crippen LogP contribution in [0.2, 0.25) is 0 Å². The minimum absolute atomic E-state index is 1.06. The fourth-order valence-electron chi connectivity index (χ4n) is 2.46. The third kappa shape index (κ3) is 2.56. The Labute approximate surface area is 98.7 Å². The molecule has 1 fully saturated rings. The van der Waals surface area contributed by atoms with Crippen molar-refractivity contribution in [1.29, 1.82) is 0 Å². The zero-order valence-electron chi connectivity index (χ0n) is 10.4. The molecule has 0 spiro atoms. The first-order valence-corrected chi connectivity index (χ1v) is 6.30. The van der Waals surface area contributed by atoms with Crippen molar-refractivity contribution in [2.24, 2.45) is 0 Å². The Morgan fingerprint density at radius 2 is 2.00 bits per heavy atom. The van der Waals surface area contributed by atoms with Gasteiger partial charge in [0.2, 0.25) is 0 Å². The molecule has 1 aliphatic heterocycles. The molecule has 1 N–H and O–H groups in total. The highest BCUT2D eigenvalue weighted by Crippen LogP contribution is 2.25. The molecule has 2 nitrogen and oxygen atoms in total. The van der Waals surface area contributed by atoms with Gasteiger partial charge in [0.15, 0.2) is 0 Å². The second-order valence-electron chi connectivity index (χ2n) is 4.67. The van der Waals surface area contributed by atoms with Crippen LogP contribution in [-0.2, 0) is 6.42 Å². The fourth-order valence-corrected chi connectivity index (χ4v) is 2.46. The lowest BCUT2D eigenvalue weighted by molar-refractivity contribution is 0.791. The highest BCUT2D eigenvalue weighted by molar-refractivity contribution is 5.55. The third-order valence-corrected chi connectivity index (χ3v) is 3.37. The van der Waals surface area contributed by atoms with E-state index in [1.165, 1.54) is 42.7 Å². The van der Waals surface area contributed by atoms with Crippen molar-refractivity contribution in [3.63, 3.8) is 0 Å². The number of nitrogens with one attached hydrogen (secondary N) is 1. The SMILES string of the molecule is CNCCc1ccc(N2CCCC2)c(C)c1. The van der Waals surface area contributed by atoms with Crippen molar-refractivity contribution in [2.75, 3.05) is 31.6 Å². The average molecular weight is 218 g/mol. The lowest BCUT2D eigenvalue weighted by Gasteiger charge is -2.20. The molecular weight excluding hydrogens is 196 g/mol. The summed E-state index contributed by atoms with van der Waals surface area (Å²) < 4.78 is 0. The molecular formula is C14H22N2. The number of anilines is 1. The van der Waals surface area contributed by atoms with Crippen LogP contribution in [0.3, 0.4) is 0 Å². The first-order chi connectivity index (χ1) is 7.81. The van der Waals surface area contributed by atoms with Crippen molar-refractivity contribution in [2.45, 2.75) is 26.2 Å². The van der Waals surface area contributed by atoms with Crippen LogP contribution in [0.15, 0.2) is 18.2 Å². The van der Waals surface area contributed by atoms with Gasteiger partial charge in [-0.15, -0.1) is 0 Å². The number of hydrogen-bond donors (Lipinski definition) is 1. The summed E-state index contributed by atoms with van der Waals surface area (Å²) in [7, 11) is 2.01. The monoisotopic (exact) mass is 218 g/mol. The van der Waals surface area contributed by atoms with Crippen molar-refractivity contribution < 1.29 is 0 Å². The standard InChI is InChI=1S/C14H22N2/c1-12-11-13(7-8-15-2)5-6-14(12)16-9-3-4-10-16/h5-6,11,15H,3-4,7-10H2,1-2H3. The molecule has 88 valence electrons. The Bertz CT molecular complexity index is 341. The number of rotatable bonds is 4. The molecule has 0 amide bonds. The van der Waals surface area contributed by atoms with Crippen LogP contribution in [-0.4, -0.2) is 26.7 Å². The minimum atomic E-state index is 1.06. The Kier molecular flexibility index (Phi) is 3.83. The van der Waals surface area contributed by atoms with E-state index in [9.17, 15) is 0 Å². The second-order valence-corrected chi connectivity index (χ2v) is 4.67. The van der Waals surface area contributed by atoms with Crippen LogP contribution < -0.4 is 10.2 Å². The maximum absolute atomic E-state index is 3.19. The van der Waals surface area contributed by atoms with E-state index in [0.29, 0.717) is 0 Å². The van der Waals surface area contributed by atoms with Crippen molar-refractivity contribution in [3.05, 3.63) is 29.3 Å². The molecule has 1 aliphatic rings. The van der Waals surface area contributed by atoms with Crippen molar-refractivity contribution >= 4 is 5.69 Å². The normalized spacial score (nSPS) is 15.8. The minimum Gasteiger partial charge on any atom is -0.371 e. The Balaban J connectivity index is 2.09. The van der Waals surface area contributed by atoms with Crippen LogP contribution >= 0.6 is 0 Å². The lowest BCUT2D eigenvalue weighted by Crippen LogP contribution is -2.18. The number of nitrogens with zero attached hydrogens (tertiary/aromatic N) is 1. The molecule has 0 aliphatic carbocycles. The molecule has 16 heavy (non-hydrogen) atoms. The van der Waals surface area contributed by atoms with E-state index in [1.54, 1.807) is 0 Å². The summed E-state index contributed by atoms with van der Waals surface area (Å²) >= 11 is 0. The van der Waals surface area contributed by atoms with Gasteiger partial charge in [0.05, 0.1) is 0 Å². The van der Waals surface area contributed by atoms with Gasteiger partial charge in [0.25, 0.3) is 0 Å². The summed E-state index contributed by atoms with van der Waals surface area (Å²) in [5.41, 5.74) is 4.30. The molecule has 2 rings (SSSR count). The van der Waals surface area contributed by atoms with Gasteiger partial charge in [-0.3, -0.25) is 0 Å². The van der Waals surface area contributed by atoms with Gasteiger partial charge in [0.1, 0.15) is 0 Å². The molecule has 1 aromatic carbocycles. The van der Waals surface area contributed by atoms with Crippen LogP contribution in [0.4, 0.5) is 5.69 Å². The second kappa shape index (κ2) is 5.35. The van der Waals surface area contributed by atoms with E-state index in [1.807, 2.05) is 7.05 Å². The molecule has 1 saturated heterocycles. The van der Waals surface area contributed by atoms with E-state index < -0.39 is 0 Å². The molecule has 0 radical (unpaired) electrons. The van der Waals surface area contributed by atoms with Gasteiger partial charge in [-0.25, -0.2) is 0 Å². The number of likely N-dealkylation sites (N-methyl/N-ethyl adjacent to an activating group) is 1. The zero-order valence-corrected chi connectivity index (χ0v) is 10.4. The van der Waals surface area contributed by atoms with Gasteiger partial charge < -0.3 is 10.2 Å². The Hall–Kier alpha value is -1.02. The highest BCUT2D eigenvalue weighted by Gasteiger charge is 2.13. The van der Waals surface area contributed by atoms with Crippen LogP contribution in [0.25, 0.3) is 0 Å². The van der Waals surface area contributed by atoms with Gasteiger partial charge in [-0.1, -0.05) is 12.1 Å². The summed E-state index contributed by atoms with van der Waals surface area (Å²) in [4.78, 5) is 2.51. The summed E-state index contributed by atoms with van der Waals surface area (Å²) in [6.07, 6.45) is 3.82. The number of aryl methyl sites for hydroxylation is 1. The summed E-state index contributed by atoms with van der Waals surface area (Å²) in [6.45, 7) is 5.76. The topological polar surface area (TPSA) is 15.3 Å². The van der Waals surface area contributed by atoms with Crippen molar-refractivity contribution in [1.82, 2.24) is 5.32 Å². The largest absolute Gasteiger partial charge is 0.371 e. The van der Waals surface area contributed by atoms with E-state index in [2.05, 4.69) is 35.3 Å². The highest BCUT2D eigenvalue weighted by atomic mass is 15.1. The Morgan fingerprint density at radius 3 is 2.62 bits per heavy atom. The third-order valence-electron chi connectivity index (χ3n) is 3.37. The van der Waals surface area contributed by atoms with E-state index in [0.717, 1.165) is 13.0 Å². The lowest BCUT2D eigenvalue weighted by atomic mass is 10.1. The molecule has 2 heteroatoms. The maximum Gasteiger partial charge on any atom is 0.0396 e. The predicted molar refractivity (Wildman–Crippen MR) is 70.3 cm³/mol. The fraction of sp³-hybridized carbons (Fsp3) is 0.571. The number of hydrogen-bond acceptors (Lipinski definition) is 2. The Morgan fingerprint density at radius 1 is 1.25 bits per heavy atom. The molecule has 0 unspecified atom stereocenters. The van der Waals surface area contributed by atoms with Gasteiger partial charge in [-0.05, 0) is 57.0 Å². The van der Waals surface area contributed by atoms with Crippen LogP contribution in [0.5, 0.6) is 0 Å². The van der Waals surface area contributed by atoms with Gasteiger partial charge in [0, 0.05) is 18.8 Å². The first kappa shape index (κ1) is 11.5. The quantitative estimate of drug-likeness (QED) is 0.834. The number of benzene rings is 1. The molecule has 0 bridgehead atoms. The van der Waals surface area contributed by atoms with E-state index in [4.69, 9.17) is 0 Å². The predicted octanol–water partition coefficient (Wildman–Crippen LogP) is 2.36. The summed E-state index contributed by atoms with van der Waals surface area (Å²) in [5.74, 6) is 0. The van der Waals surface area contributed by atoms with Crippen molar-refractivity contribution in [3.8, 4) is 0 Å². The van der Waals surface area contributed by atoms with E-state index >= 15 is 0 Å². The summed E-state index contributed by atoms with van der Waals surface area (Å²) in [5, 5.41) is 3.19. The molecule has 0 aromatic heterocycles. The molecule has 1 heterocycles. The van der Waals surface area contributed by atoms with E-state index in [-0.39, 0.29) is 0 Å². The summed E-state index contributed by atoms with van der Waals surface area (Å²) in [6, 6.07) is 6.91. The van der Waals surface area contributed by atoms with Crippen LogP contribution in [0.1, 0.15) is 24.0 Å². The molecule has 1 aromatic rings. The zero-order chi connectivity index (χ0) is 11.4. The maximum atomic E-state index is 3.19.